The van der Waals surface area contributed by atoms with Crippen molar-refractivity contribution in [3.8, 4) is 0 Å². The number of rotatable bonds is 2. The first-order valence-corrected chi connectivity index (χ1v) is 8.08. The number of halogens is 5. The highest BCUT2D eigenvalue weighted by atomic mass is 79.9. The zero-order valence-corrected chi connectivity index (χ0v) is 14.8. The number of hydrogen-bond donors (Lipinski definition) is 0. The molecule has 0 aromatic heterocycles. The summed E-state index contributed by atoms with van der Waals surface area (Å²) in [4.78, 5) is 15.9. The van der Waals surface area contributed by atoms with E-state index in [2.05, 4.69) is 36.9 Å². The molecule has 1 aliphatic heterocycles. The van der Waals surface area contributed by atoms with Gasteiger partial charge in [0.15, 0.2) is 17.3 Å². The van der Waals surface area contributed by atoms with Crippen LogP contribution in [-0.2, 0) is 9.53 Å². The monoisotopic (exact) mass is 459 g/mol. The molecule has 0 atom stereocenters. The van der Waals surface area contributed by atoms with Gasteiger partial charge in [0.05, 0.1) is 8.95 Å². The van der Waals surface area contributed by atoms with E-state index in [1.165, 1.54) is 0 Å². The zero-order valence-electron chi connectivity index (χ0n) is 11.6. The number of nitrogens with zero attached hydrogens (tertiary/aromatic N) is 1. The molecule has 0 saturated carbocycles. The molecule has 8 heteroatoms. The summed E-state index contributed by atoms with van der Waals surface area (Å²) in [5.41, 5.74) is -0.0302. The van der Waals surface area contributed by atoms with Gasteiger partial charge >= 0.3 is 5.97 Å². The Morgan fingerprint density at radius 1 is 0.958 bits per heavy atom. The molecule has 2 aromatic carbocycles. The summed E-state index contributed by atoms with van der Waals surface area (Å²) in [5, 5.41) is 0. The third kappa shape index (κ3) is 2.91. The fourth-order valence-electron chi connectivity index (χ4n) is 2.00. The van der Waals surface area contributed by atoms with E-state index < -0.39 is 32.4 Å². The van der Waals surface area contributed by atoms with Crippen LogP contribution in [0.3, 0.4) is 0 Å². The maximum atomic E-state index is 14.2. The first-order chi connectivity index (χ1) is 11.4. The molecular weight excluding hydrogens is 455 g/mol. The fraction of sp³-hybridized carbons (Fsp3) is 0. The van der Waals surface area contributed by atoms with Crippen LogP contribution in [0.2, 0.25) is 0 Å². The Balaban J connectivity index is 2.10. The molecule has 122 valence electrons. The van der Waals surface area contributed by atoms with E-state index in [4.69, 9.17) is 4.74 Å². The SMILES string of the molecule is O=C1OC(c2ccccc2)=N/C1=C\c1c(F)c(Br)c(F)c(F)c1Br. The topological polar surface area (TPSA) is 38.7 Å². The molecule has 3 nitrogen and oxygen atoms in total. The Kier molecular flexibility index (Phi) is 4.60. The molecular formula is C16H6Br2F3NO2. The van der Waals surface area contributed by atoms with E-state index in [0.29, 0.717) is 5.56 Å². The van der Waals surface area contributed by atoms with Gasteiger partial charge in [-0.3, -0.25) is 0 Å². The van der Waals surface area contributed by atoms with Gasteiger partial charge in [0, 0.05) is 11.1 Å². The van der Waals surface area contributed by atoms with E-state index in [1.54, 1.807) is 30.3 Å². The van der Waals surface area contributed by atoms with Gasteiger partial charge in [-0.1, -0.05) is 18.2 Å². The van der Waals surface area contributed by atoms with Gasteiger partial charge in [0.25, 0.3) is 0 Å². The second-order valence-electron chi connectivity index (χ2n) is 4.69. The lowest BCUT2D eigenvalue weighted by Crippen LogP contribution is -2.05. The molecule has 0 spiro atoms. The average molecular weight is 461 g/mol. The zero-order chi connectivity index (χ0) is 17.4. The molecule has 1 aliphatic rings. The normalized spacial score (nSPS) is 15.6. The van der Waals surface area contributed by atoms with E-state index >= 15 is 0 Å². The predicted octanol–water partition coefficient (Wildman–Crippen LogP) is 4.97. The third-order valence-corrected chi connectivity index (χ3v) is 4.64. The quantitative estimate of drug-likeness (QED) is 0.274. The van der Waals surface area contributed by atoms with Crippen LogP contribution in [0.4, 0.5) is 13.2 Å². The van der Waals surface area contributed by atoms with Crippen LogP contribution in [0.15, 0.2) is 50.0 Å². The lowest BCUT2D eigenvalue weighted by Gasteiger charge is -2.06. The number of aliphatic imine (C=N–C) groups is 1. The van der Waals surface area contributed by atoms with Crippen LogP contribution in [0.1, 0.15) is 11.1 Å². The van der Waals surface area contributed by atoms with E-state index in [1.807, 2.05) is 0 Å². The number of carbonyl (C=O) groups excluding carboxylic acids is 1. The van der Waals surface area contributed by atoms with Gasteiger partial charge in [-0.2, -0.15) is 0 Å². The second kappa shape index (κ2) is 6.52. The molecule has 0 bridgehead atoms. The van der Waals surface area contributed by atoms with E-state index in [9.17, 15) is 18.0 Å². The largest absolute Gasteiger partial charge is 0.402 e. The summed E-state index contributed by atoms with van der Waals surface area (Å²) >= 11 is 5.42. The third-order valence-electron chi connectivity index (χ3n) is 3.17. The van der Waals surface area contributed by atoms with Crippen LogP contribution < -0.4 is 0 Å². The number of cyclic esters (lactones) is 1. The van der Waals surface area contributed by atoms with Crippen LogP contribution in [0.25, 0.3) is 6.08 Å². The summed E-state index contributed by atoms with van der Waals surface area (Å²) in [5.74, 6) is -4.49. The smallest absolute Gasteiger partial charge is 0.363 e. The van der Waals surface area contributed by atoms with Crippen molar-refractivity contribution in [2.75, 3.05) is 0 Å². The second-order valence-corrected chi connectivity index (χ2v) is 6.27. The molecule has 0 aliphatic carbocycles. The summed E-state index contributed by atoms with van der Waals surface area (Å²) in [6, 6.07) is 8.61. The number of esters is 1. The van der Waals surface area contributed by atoms with Crippen LogP contribution in [0.5, 0.6) is 0 Å². The van der Waals surface area contributed by atoms with Gasteiger partial charge in [-0.15, -0.1) is 0 Å². The van der Waals surface area contributed by atoms with Gasteiger partial charge in [0.2, 0.25) is 5.90 Å². The van der Waals surface area contributed by atoms with Gasteiger partial charge in [-0.05, 0) is 50.1 Å². The molecule has 0 amide bonds. The van der Waals surface area contributed by atoms with Crippen molar-refractivity contribution in [1.29, 1.82) is 0 Å². The molecule has 0 unspecified atom stereocenters. The summed E-state index contributed by atoms with van der Waals surface area (Å²) in [6.07, 6.45) is 0.991. The predicted molar refractivity (Wildman–Crippen MR) is 88.8 cm³/mol. The Labute approximate surface area is 151 Å². The highest BCUT2D eigenvalue weighted by molar-refractivity contribution is 9.11. The lowest BCUT2D eigenvalue weighted by atomic mass is 10.1. The van der Waals surface area contributed by atoms with Crippen molar-refractivity contribution >= 4 is 49.8 Å². The Hall–Kier alpha value is -1.93. The van der Waals surface area contributed by atoms with Crippen molar-refractivity contribution in [2.24, 2.45) is 4.99 Å². The van der Waals surface area contributed by atoms with Crippen molar-refractivity contribution < 1.29 is 22.7 Å². The first-order valence-electron chi connectivity index (χ1n) is 6.49. The van der Waals surface area contributed by atoms with E-state index in [-0.39, 0.29) is 17.2 Å². The molecule has 2 aromatic rings. The van der Waals surface area contributed by atoms with Crippen molar-refractivity contribution in [3.05, 3.63) is 73.6 Å². The van der Waals surface area contributed by atoms with Gasteiger partial charge in [0.1, 0.15) is 5.82 Å². The van der Waals surface area contributed by atoms with Crippen molar-refractivity contribution in [1.82, 2.24) is 0 Å². The minimum Gasteiger partial charge on any atom is -0.402 e. The Morgan fingerprint density at radius 2 is 1.58 bits per heavy atom. The Morgan fingerprint density at radius 3 is 2.25 bits per heavy atom. The summed E-state index contributed by atoms with van der Waals surface area (Å²) < 4.78 is 45.3. The number of carbonyl (C=O) groups is 1. The number of hydrogen-bond acceptors (Lipinski definition) is 3. The average Bonchev–Trinajstić information content (AvgIpc) is 2.97. The van der Waals surface area contributed by atoms with E-state index in [0.717, 1.165) is 6.08 Å². The maximum Gasteiger partial charge on any atom is 0.363 e. The lowest BCUT2D eigenvalue weighted by molar-refractivity contribution is -0.129. The summed E-state index contributed by atoms with van der Waals surface area (Å²) in [6.45, 7) is 0. The summed E-state index contributed by atoms with van der Waals surface area (Å²) in [7, 11) is 0. The van der Waals surface area contributed by atoms with Crippen molar-refractivity contribution in [2.45, 2.75) is 0 Å². The fourth-order valence-corrected chi connectivity index (χ4v) is 2.85. The van der Waals surface area contributed by atoms with Crippen LogP contribution >= 0.6 is 31.9 Å². The standard InChI is InChI=1S/C16H6Br2F3NO2/c17-10-8(12(19)11(18)14(21)13(10)20)6-9-16(23)24-15(22-9)7-4-2-1-3-5-7/h1-6H/b9-6-. The Bertz CT molecular complexity index is 882. The highest BCUT2D eigenvalue weighted by Gasteiger charge is 2.27. The first kappa shape index (κ1) is 16.9. The number of ether oxygens (including phenoxy) is 1. The van der Waals surface area contributed by atoms with Gasteiger partial charge < -0.3 is 4.74 Å². The molecule has 3 rings (SSSR count). The van der Waals surface area contributed by atoms with Crippen molar-refractivity contribution in [3.63, 3.8) is 0 Å². The molecule has 0 radical (unpaired) electrons. The molecule has 0 saturated heterocycles. The highest BCUT2D eigenvalue weighted by Crippen LogP contribution is 2.34. The molecule has 0 fully saturated rings. The van der Waals surface area contributed by atoms with Crippen LogP contribution in [-0.4, -0.2) is 11.9 Å². The van der Waals surface area contributed by atoms with Crippen LogP contribution in [0, 0.1) is 17.5 Å². The maximum absolute atomic E-state index is 14.2. The van der Waals surface area contributed by atoms with Gasteiger partial charge in [-0.25, -0.2) is 23.0 Å². The number of benzene rings is 2. The molecule has 1 heterocycles. The molecule has 0 N–H and O–H groups in total. The minimum atomic E-state index is -1.37. The molecule has 24 heavy (non-hydrogen) atoms. The minimum absolute atomic E-state index is 0.0463.